The van der Waals surface area contributed by atoms with Gasteiger partial charge in [-0.2, -0.15) is 4.98 Å². The number of benzene rings is 1. The molecule has 6 nitrogen and oxygen atoms in total. The molecule has 140 valence electrons. The molecule has 1 aromatic carbocycles. The van der Waals surface area contributed by atoms with Crippen molar-refractivity contribution in [1.82, 2.24) is 15.0 Å². The normalized spacial score (nSPS) is 17.8. The number of rotatable bonds is 6. The monoisotopic (exact) mass is 357 g/mol. The minimum atomic E-state index is -0.0170. The number of carbonyl (C=O) groups is 1. The largest absolute Gasteiger partial charge is 0.497 e. The summed E-state index contributed by atoms with van der Waals surface area (Å²) in [6, 6.07) is 7.78. The second kappa shape index (κ2) is 7.48. The van der Waals surface area contributed by atoms with E-state index in [9.17, 15) is 4.79 Å². The first-order chi connectivity index (χ1) is 12.3. The summed E-state index contributed by atoms with van der Waals surface area (Å²) in [7, 11) is 1.64. The van der Waals surface area contributed by atoms with Gasteiger partial charge in [0.1, 0.15) is 5.75 Å². The van der Waals surface area contributed by atoms with E-state index in [-0.39, 0.29) is 17.2 Å². The molecule has 2 aromatic rings. The van der Waals surface area contributed by atoms with Crippen LogP contribution in [0, 0.1) is 5.41 Å². The predicted molar refractivity (Wildman–Crippen MR) is 97.8 cm³/mol. The quantitative estimate of drug-likeness (QED) is 0.790. The van der Waals surface area contributed by atoms with Crippen LogP contribution in [0.4, 0.5) is 0 Å². The SMILES string of the molecule is COc1ccc(CN2CC(c3nc(CCC(C)(C)C)no3)CC2=O)cc1. The number of methoxy groups -OCH3 is 1. The molecule has 1 amide bonds. The van der Waals surface area contributed by atoms with E-state index < -0.39 is 0 Å². The maximum Gasteiger partial charge on any atom is 0.232 e. The zero-order chi connectivity index (χ0) is 18.7. The molecule has 0 bridgehead atoms. The Morgan fingerprint density at radius 2 is 2.00 bits per heavy atom. The molecule has 2 heterocycles. The lowest BCUT2D eigenvalue weighted by molar-refractivity contribution is -0.128. The molecule has 0 aliphatic carbocycles. The third-order valence-electron chi connectivity index (χ3n) is 4.68. The molecule has 1 atom stereocenters. The van der Waals surface area contributed by atoms with Gasteiger partial charge in [-0.1, -0.05) is 38.1 Å². The first-order valence-corrected chi connectivity index (χ1v) is 9.07. The van der Waals surface area contributed by atoms with Gasteiger partial charge in [0.15, 0.2) is 5.82 Å². The highest BCUT2D eigenvalue weighted by Crippen LogP contribution is 2.29. The summed E-state index contributed by atoms with van der Waals surface area (Å²) in [6.07, 6.45) is 2.22. The van der Waals surface area contributed by atoms with E-state index in [1.807, 2.05) is 29.2 Å². The Labute approximate surface area is 154 Å². The second-order valence-electron chi connectivity index (χ2n) is 8.13. The van der Waals surface area contributed by atoms with E-state index in [2.05, 4.69) is 30.9 Å². The summed E-state index contributed by atoms with van der Waals surface area (Å²) < 4.78 is 10.6. The Kier molecular flexibility index (Phi) is 5.30. The topological polar surface area (TPSA) is 68.5 Å². The Morgan fingerprint density at radius 3 is 2.65 bits per heavy atom. The summed E-state index contributed by atoms with van der Waals surface area (Å²) >= 11 is 0. The molecule has 1 fully saturated rings. The van der Waals surface area contributed by atoms with Gasteiger partial charge in [-0.05, 0) is 29.5 Å². The summed E-state index contributed by atoms with van der Waals surface area (Å²) in [6.45, 7) is 7.79. The van der Waals surface area contributed by atoms with Crippen LogP contribution in [0.15, 0.2) is 28.8 Å². The van der Waals surface area contributed by atoms with Crippen LogP contribution in [0.2, 0.25) is 0 Å². The fourth-order valence-electron chi connectivity index (χ4n) is 3.06. The van der Waals surface area contributed by atoms with Crippen LogP contribution in [-0.4, -0.2) is 34.6 Å². The van der Waals surface area contributed by atoms with Crippen molar-refractivity contribution in [2.24, 2.45) is 5.41 Å². The van der Waals surface area contributed by atoms with E-state index >= 15 is 0 Å². The lowest BCUT2D eigenvalue weighted by atomic mass is 9.90. The zero-order valence-electron chi connectivity index (χ0n) is 16.0. The van der Waals surface area contributed by atoms with E-state index in [0.29, 0.717) is 25.4 Å². The van der Waals surface area contributed by atoms with Crippen LogP contribution in [0.25, 0.3) is 0 Å². The molecular weight excluding hydrogens is 330 g/mol. The molecule has 1 unspecified atom stereocenters. The smallest absolute Gasteiger partial charge is 0.232 e. The van der Waals surface area contributed by atoms with Crippen LogP contribution < -0.4 is 4.74 Å². The molecule has 6 heteroatoms. The number of hydrogen-bond acceptors (Lipinski definition) is 5. The van der Waals surface area contributed by atoms with E-state index in [1.54, 1.807) is 7.11 Å². The van der Waals surface area contributed by atoms with Crippen molar-refractivity contribution >= 4 is 5.91 Å². The number of carbonyl (C=O) groups excluding carboxylic acids is 1. The van der Waals surface area contributed by atoms with Gasteiger partial charge in [-0.15, -0.1) is 0 Å². The number of aromatic nitrogens is 2. The Morgan fingerprint density at radius 1 is 1.27 bits per heavy atom. The van der Waals surface area contributed by atoms with Crippen molar-refractivity contribution in [3.8, 4) is 5.75 Å². The van der Waals surface area contributed by atoms with E-state index in [1.165, 1.54) is 0 Å². The molecule has 1 aliphatic heterocycles. The van der Waals surface area contributed by atoms with Gasteiger partial charge in [0.05, 0.1) is 13.0 Å². The summed E-state index contributed by atoms with van der Waals surface area (Å²) in [5.41, 5.74) is 1.32. The zero-order valence-corrected chi connectivity index (χ0v) is 16.0. The first kappa shape index (κ1) is 18.4. The third kappa shape index (κ3) is 4.62. The average molecular weight is 357 g/mol. The van der Waals surface area contributed by atoms with Crippen LogP contribution in [0.3, 0.4) is 0 Å². The van der Waals surface area contributed by atoms with Crippen molar-refractivity contribution in [2.75, 3.05) is 13.7 Å². The summed E-state index contributed by atoms with van der Waals surface area (Å²) in [4.78, 5) is 18.7. The fraction of sp³-hybridized carbons (Fsp3) is 0.550. The molecule has 26 heavy (non-hydrogen) atoms. The van der Waals surface area contributed by atoms with Gasteiger partial charge in [0.25, 0.3) is 0 Å². The molecule has 0 N–H and O–H groups in total. The van der Waals surface area contributed by atoms with Gasteiger partial charge in [-0.25, -0.2) is 0 Å². The lowest BCUT2D eigenvalue weighted by Gasteiger charge is -2.16. The molecule has 1 aromatic heterocycles. The molecule has 1 saturated heterocycles. The van der Waals surface area contributed by atoms with Crippen LogP contribution in [0.1, 0.15) is 56.8 Å². The number of aryl methyl sites for hydroxylation is 1. The molecule has 0 radical (unpaired) electrons. The number of nitrogens with zero attached hydrogens (tertiary/aromatic N) is 3. The van der Waals surface area contributed by atoms with E-state index in [0.717, 1.165) is 30.0 Å². The van der Waals surface area contributed by atoms with Crippen molar-refractivity contribution in [1.29, 1.82) is 0 Å². The Bertz CT molecular complexity index is 746. The highest BCUT2D eigenvalue weighted by atomic mass is 16.5. The van der Waals surface area contributed by atoms with Gasteiger partial charge in [0, 0.05) is 25.9 Å². The minimum Gasteiger partial charge on any atom is -0.497 e. The predicted octanol–water partition coefficient (Wildman–Crippen LogP) is 3.57. The summed E-state index contributed by atoms with van der Waals surface area (Å²) in [5, 5.41) is 4.09. The molecule has 3 rings (SSSR count). The highest BCUT2D eigenvalue weighted by Gasteiger charge is 2.34. The molecule has 1 aliphatic rings. The first-order valence-electron chi connectivity index (χ1n) is 9.07. The maximum absolute atomic E-state index is 12.4. The van der Waals surface area contributed by atoms with Gasteiger partial charge in [0.2, 0.25) is 11.8 Å². The molecular formula is C20H27N3O3. The molecule has 0 saturated carbocycles. The van der Waals surface area contributed by atoms with Crippen LogP contribution >= 0.6 is 0 Å². The number of likely N-dealkylation sites (tertiary alicyclic amines) is 1. The van der Waals surface area contributed by atoms with Crippen LogP contribution in [0.5, 0.6) is 5.75 Å². The highest BCUT2D eigenvalue weighted by molar-refractivity contribution is 5.79. The van der Waals surface area contributed by atoms with Gasteiger partial charge < -0.3 is 14.2 Å². The van der Waals surface area contributed by atoms with Crippen molar-refractivity contribution in [3.63, 3.8) is 0 Å². The lowest BCUT2D eigenvalue weighted by Crippen LogP contribution is -2.24. The number of ether oxygens (including phenoxy) is 1. The molecule has 0 spiro atoms. The van der Waals surface area contributed by atoms with Gasteiger partial charge in [-0.3, -0.25) is 4.79 Å². The van der Waals surface area contributed by atoms with Crippen molar-refractivity contribution < 1.29 is 14.1 Å². The third-order valence-corrected chi connectivity index (χ3v) is 4.68. The minimum absolute atomic E-state index is 0.0170. The standard InChI is InChI=1S/C20H27N3O3/c1-20(2,3)10-9-17-21-19(26-22-17)15-11-18(24)23(13-15)12-14-5-7-16(25-4)8-6-14/h5-8,15H,9-13H2,1-4H3. The fourth-order valence-corrected chi connectivity index (χ4v) is 3.06. The van der Waals surface area contributed by atoms with Crippen LogP contribution in [-0.2, 0) is 17.8 Å². The van der Waals surface area contributed by atoms with Gasteiger partial charge >= 0.3 is 0 Å². The number of hydrogen-bond donors (Lipinski definition) is 0. The summed E-state index contributed by atoms with van der Waals surface area (Å²) in [5.74, 6) is 2.24. The van der Waals surface area contributed by atoms with E-state index in [4.69, 9.17) is 9.26 Å². The number of amides is 1. The Balaban J connectivity index is 1.59. The Hall–Kier alpha value is -2.37. The maximum atomic E-state index is 12.4. The average Bonchev–Trinajstić information content (AvgIpc) is 3.20. The second-order valence-corrected chi connectivity index (χ2v) is 8.13. The van der Waals surface area contributed by atoms with Crippen molar-refractivity contribution in [2.45, 2.75) is 52.5 Å². The van der Waals surface area contributed by atoms with Crippen molar-refractivity contribution in [3.05, 3.63) is 41.5 Å².